The van der Waals surface area contributed by atoms with Crippen molar-refractivity contribution < 1.29 is 13.9 Å². The molecule has 3 heterocycles. The maximum absolute atomic E-state index is 14.0. The standard InChI is InChI=1S/C17H11FN4O2S/c18-11-6-2-1-5-10(11)16-21-22-15(19-20-17(22)25-16)14-9-23-12-7-3-4-8-13(12)24-14/h1-8,14H,9H2. The van der Waals surface area contributed by atoms with E-state index in [-0.39, 0.29) is 5.82 Å². The molecule has 0 N–H and O–H groups in total. The second kappa shape index (κ2) is 5.52. The molecule has 1 atom stereocenters. The third kappa shape index (κ3) is 2.33. The molecular formula is C17H11FN4O2S. The first-order chi connectivity index (χ1) is 12.3. The van der Waals surface area contributed by atoms with Crippen LogP contribution >= 0.6 is 11.3 Å². The molecule has 0 bridgehead atoms. The third-order valence-corrected chi connectivity index (χ3v) is 4.85. The molecule has 0 saturated carbocycles. The molecule has 8 heteroatoms. The summed E-state index contributed by atoms with van der Waals surface area (Å²) in [4.78, 5) is 0.579. The van der Waals surface area contributed by atoms with E-state index in [0.29, 0.717) is 39.5 Å². The number of aromatic nitrogens is 4. The van der Waals surface area contributed by atoms with E-state index < -0.39 is 6.10 Å². The minimum atomic E-state index is -0.430. The van der Waals surface area contributed by atoms with Crippen molar-refractivity contribution >= 4 is 16.3 Å². The van der Waals surface area contributed by atoms with Crippen LogP contribution in [0.3, 0.4) is 0 Å². The van der Waals surface area contributed by atoms with Gasteiger partial charge >= 0.3 is 0 Å². The number of benzene rings is 2. The predicted octanol–water partition coefficient (Wildman–Crippen LogP) is 3.50. The Morgan fingerprint density at radius 3 is 2.72 bits per heavy atom. The van der Waals surface area contributed by atoms with E-state index in [1.807, 2.05) is 24.3 Å². The number of fused-ring (bicyclic) bond motifs is 2. The highest BCUT2D eigenvalue weighted by Crippen LogP contribution is 2.36. The molecule has 0 radical (unpaired) electrons. The fourth-order valence-electron chi connectivity index (χ4n) is 2.72. The fraction of sp³-hybridized carbons (Fsp3) is 0.118. The van der Waals surface area contributed by atoms with Crippen LogP contribution in [0.1, 0.15) is 11.9 Å². The van der Waals surface area contributed by atoms with Crippen LogP contribution in [0.4, 0.5) is 4.39 Å². The molecule has 5 rings (SSSR count). The summed E-state index contributed by atoms with van der Waals surface area (Å²) in [5.41, 5.74) is 0.440. The van der Waals surface area contributed by atoms with Gasteiger partial charge in [-0.15, -0.1) is 10.2 Å². The first-order valence-corrected chi connectivity index (χ1v) is 8.47. The lowest BCUT2D eigenvalue weighted by molar-refractivity contribution is 0.0836. The summed E-state index contributed by atoms with van der Waals surface area (Å²) in [7, 11) is 0. The smallest absolute Gasteiger partial charge is 0.235 e. The third-order valence-electron chi connectivity index (χ3n) is 3.92. The predicted molar refractivity (Wildman–Crippen MR) is 89.4 cm³/mol. The maximum Gasteiger partial charge on any atom is 0.235 e. The van der Waals surface area contributed by atoms with Crippen molar-refractivity contribution in [1.82, 2.24) is 19.8 Å². The first-order valence-electron chi connectivity index (χ1n) is 7.65. The van der Waals surface area contributed by atoms with E-state index in [4.69, 9.17) is 9.47 Å². The molecule has 0 saturated heterocycles. The van der Waals surface area contributed by atoms with Crippen molar-refractivity contribution in [3.8, 4) is 22.1 Å². The second-order valence-electron chi connectivity index (χ2n) is 5.50. The van der Waals surface area contributed by atoms with Crippen LogP contribution in [0.5, 0.6) is 11.5 Å². The van der Waals surface area contributed by atoms with Crippen molar-refractivity contribution in [2.24, 2.45) is 0 Å². The van der Waals surface area contributed by atoms with Crippen LogP contribution in [0.15, 0.2) is 48.5 Å². The molecule has 1 aliphatic heterocycles. The highest BCUT2D eigenvalue weighted by Gasteiger charge is 2.28. The van der Waals surface area contributed by atoms with E-state index in [1.165, 1.54) is 17.4 Å². The summed E-state index contributed by atoms with van der Waals surface area (Å²) in [5, 5.41) is 13.3. The van der Waals surface area contributed by atoms with Gasteiger partial charge in [0.2, 0.25) is 4.96 Å². The van der Waals surface area contributed by atoms with E-state index in [2.05, 4.69) is 15.3 Å². The second-order valence-corrected chi connectivity index (χ2v) is 6.46. The number of hydrogen-bond donors (Lipinski definition) is 0. The molecule has 0 amide bonds. The molecule has 0 aliphatic carbocycles. The maximum atomic E-state index is 14.0. The van der Waals surface area contributed by atoms with Gasteiger partial charge in [0.25, 0.3) is 0 Å². The van der Waals surface area contributed by atoms with Gasteiger partial charge in [-0.25, -0.2) is 4.39 Å². The van der Waals surface area contributed by atoms with E-state index in [1.54, 1.807) is 22.7 Å². The Hall–Kier alpha value is -3.00. The summed E-state index contributed by atoms with van der Waals surface area (Å²) >= 11 is 1.28. The number of ether oxygens (including phenoxy) is 2. The van der Waals surface area contributed by atoms with Crippen LogP contribution in [-0.4, -0.2) is 26.4 Å². The zero-order chi connectivity index (χ0) is 16.8. The summed E-state index contributed by atoms with van der Waals surface area (Å²) in [6.07, 6.45) is -0.430. The van der Waals surface area contributed by atoms with Gasteiger partial charge in [-0.1, -0.05) is 35.6 Å². The van der Waals surface area contributed by atoms with Crippen LogP contribution in [-0.2, 0) is 0 Å². The van der Waals surface area contributed by atoms with Crippen LogP contribution in [0.2, 0.25) is 0 Å². The molecule has 124 valence electrons. The number of para-hydroxylation sites is 2. The molecule has 4 aromatic rings. The summed E-state index contributed by atoms with van der Waals surface area (Å²) in [6, 6.07) is 14.0. The minimum Gasteiger partial charge on any atom is -0.485 e. The van der Waals surface area contributed by atoms with Crippen molar-refractivity contribution in [3.05, 3.63) is 60.2 Å². The SMILES string of the molecule is Fc1ccccc1-c1nn2c(C3COc4ccccc4O3)nnc2s1. The highest BCUT2D eigenvalue weighted by molar-refractivity contribution is 7.19. The van der Waals surface area contributed by atoms with E-state index in [0.717, 1.165) is 0 Å². The van der Waals surface area contributed by atoms with Crippen LogP contribution < -0.4 is 9.47 Å². The number of halogens is 1. The first kappa shape index (κ1) is 14.4. The van der Waals surface area contributed by atoms with Crippen molar-refractivity contribution in [3.63, 3.8) is 0 Å². The van der Waals surface area contributed by atoms with Gasteiger partial charge in [-0.2, -0.15) is 9.61 Å². The average molecular weight is 354 g/mol. The van der Waals surface area contributed by atoms with Gasteiger partial charge in [-0.05, 0) is 24.3 Å². The van der Waals surface area contributed by atoms with Gasteiger partial charge in [0.15, 0.2) is 28.4 Å². The summed E-state index contributed by atoms with van der Waals surface area (Å²) in [5.74, 6) is 1.56. The number of hydrogen-bond acceptors (Lipinski definition) is 6. The molecule has 0 fully saturated rings. The molecule has 6 nitrogen and oxygen atoms in total. The van der Waals surface area contributed by atoms with E-state index in [9.17, 15) is 4.39 Å². The average Bonchev–Trinajstić information content (AvgIpc) is 3.22. The molecule has 1 unspecified atom stereocenters. The summed E-state index contributed by atoms with van der Waals surface area (Å²) < 4.78 is 27.3. The lowest BCUT2D eigenvalue weighted by atomic mass is 10.2. The number of nitrogens with zero attached hydrogens (tertiary/aromatic N) is 4. The fourth-order valence-corrected chi connectivity index (χ4v) is 3.60. The van der Waals surface area contributed by atoms with Gasteiger partial charge in [0, 0.05) is 5.56 Å². The summed E-state index contributed by atoms with van der Waals surface area (Å²) in [6.45, 7) is 0.310. The van der Waals surface area contributed by atoms with Gasteiger partial charge in [-0.3, -0.25) is 0 Å². The Morgan fingerprint density at radius 2 is 1.84 bits per heavy atom. The minimum absolute atomic E-state index is 0.310. The van der Waals surface area contributed by atoms with Crippen molar-refractivity contribution in [1.29, 1.82) is 0 Å². The largest absolute Gasteiger partial charge is 0.485 e. The Labute approximate surface area is 145 Å². The molecule has 0 spiro atoms. The highest BCUT2D eigenvalue weighted by atomic mass is 32.1. The van der Waals surface area contributed by atoms with Gasteiger partial charge in [0.1, 0.15) is 12.4 Å². The zero-order valence-electron chi connectivity index (χ0n) is 12.8. The van der Waals surface area contributed by atoms with E-state index >= 15 is 0 Å². The Morgan fingerprint density at radius 1 is 1.04 bits per heavy atom. The Kier molecular flexibility index (Phi) is 3.17. The molecule has 25 heavy (non-hydrogen) atoms. The van der Waals surface area contributed by atoms with Crippen LogP contribution in [0, 0.1) is 5.82 Å². The molecule has 2 aromatic carbocycles. The molecule has 1 aliphatic rings. The quantitative estimate of drug-likeness (QED) is 0.551. The van der Waals surface area contributed by atoms with Crippen LogP contribution in [0.25, 0.3) is 15.5 Å². The topological polar surface area (TPSA) is 61.5 Å². The monoisotopic (exact) mass is 354 g/mol. The normalized spacial score (nSPS) is 16.3. The molecule has 2 aromatic heterocycles. The number of rotatable bonds is 2. The Balaban J connectivity index is 1.54. The van der Waals surface area contributed by atoms with Crippen molar-refractivity contribution in [2.45, 2.75) is 6.10 Å². The van der Waals surface area contributed by atoms with Gasteiger partial charge < -0.3 is 9.47 Å². The lowest BCUT2D eigenvalue weighted by Gasteiger charge is -2.24. The van der Waals surface area contributed by atoms with Gasteiger partial charge in [0.05, 0.1) is 0 Å². The lowest BCUT2D eigenvalue weighted by Crippen LogP contribution is -2.23. The van der Waals surface area contributed by atoms with Crippen molar-refractivity contribution in [2.75, 3.05) is 6.61 Å². The zero-order valence-corrected chi connectivity index (χ0v) is 13.6. The Bertz CT molecular complexity index is 1080. The molecular weight excluding hydrogens is 343 g/mol.